The van der Waals surface area contributed by atoms with Crippen molar-refractivity contribution in [2.24, 2.45) is 5.18 Å². The zero-order valence-corrected chi connectivity index (χ0v) is 7.01. The summed E-state index contributed by atoms with van der Waals surface area (Å²) in [4.78, 5) is 20.0. The van der Waals surface area contributed by atoms with Crippen molar-refractivity contribution in [1.82, 2.24) is 0 Å². The van der Waals surface area contributed by atoms with Gasteiger partial charge in [0.1, 0.15) is 6.04 Å². The fourth-order valence-electron chi connectivity index (χ4n) is 0.959. The summed E-state index contributed by atoms with van der Waals surface area (Å²) in [5.74, 6) is 0. The lowest BCUT2D eigenvalue weighted by molar-refractivity contribution is -0.384. The quantitative estimate of drug-likeness (QED) is 0.407. The lowest BCUT2D eigenvalue weighted by atomic mass is 10.1. The Morgan fingerprint density at radius 3 is 2.77 bits per heavy atom. The average molecular weight is 180 g/mol. The summed E-state index contributed by atoms with van der Waals surface area (Å²) in [6.45, 7) is 1.59. The van der Waals surface area contributed by atoms with Crippen LogP contribution in [-0.4, -0.2) is 4.92 Å². The number of nitro benzene ring substituents is 1. The molecule has 5 nitrogen and oxygen atoms in total. The van der Waals surface area contributed by atoms with Gasteiger partial charge in [0, 0.05) is 12.1 Å². The van der Waals surface area contributed by atoms with E-state index in [0.717, 1.165) is 0 Å². The van der Waals surface area contributed by atoms with Gasteiger partial charge in [-0.25, -0.2) is 0 Å². The molecule has 1 aromatic carbocycles. The van der Waals surface area contributed by atoms with Gasteiger partial charge < -0.3 is 0 Å². The van der Waals surface area contributed by atoms with E-state index in [1.807, 2.05) is 0 Å². The molecule has 0 saturated heterocycles. The number of benzene rings is 1. The fraction of sp³-hybridized carbons (Fsp3) is 0.250. The van der Waals surface area contributed by atoms with Crippen molar-refractivity contribution in [3.8, 4) is 0 Å². The average Bonchev–Trinajstić information content (AvgIpc) is 2.17. The Kier molecular flexibility index (Phi) is 2.69. The van der Waals surface area contributed by atoms with Crippen LogP contribution >= 0.6 is 0 Å². The Balaban J connectivity index is 3.04. The molecule has 0 aromatic heterocycles. The third-order valence-electron chi connectivity index (χ3n) is 1.72. The van der Waals surface area contributed by atoms with Crippen LogP contribution in [0.4, 0.5) is 5.69 Å². The van der Waals surface area contributed by atoms with Gasteiger partial charge in [0.2, 0.25) is 0 Å². The Morgan fingerprint density at radius 1 is 1.54 bits per heavy atom. The molecule has 0 bridgehead atoms. The molecule has 0 aliphatic carbocycles. The predicted octanol–water partition coefficient (Wildman–Crippen LogP) is 2.42. The van der Waals surface area contributed by atoms with Crippen LogP contribution in [0.1, 0.15) is 18.5 Å². The zero-order valence-electron chi connectivity index (χ0n) is 7.01. The second-order valence-corrected chi connectivity index (χ2v) is 2.63. The van der Waals surface area contributed by atoms with Crippen LogP contribution in [0.2, 0.25) is 0 Å². The van der Waals surface area contributed by atoms with Gasteiger partial charge in [-0.2, -0.15) is 4.91 Å². The molecule has 1 rings (SSSR count). The van der Waals surface area contributed by atoms with Crippen LogP contribution in [0, 0.1) is 15.0 Å². The molecule has 0 radical (unpaired) electrons. The Labute approximate surface area is 74.5 Å². The van der Waals surface area contributed by atoms with E-state index in [9.17, 15) is 15.0 Å². The maximum absolute atomic E-state index is 10.4. The Morgan fingerprint density at radius 2 is 2.23 bits per heavy atom. The number of nitro groups is 1. The highest BCUT2D eigenvalue weighted by atomic mass is 16.6. The molecule has 0 unspecified atom stereocenters. The van der Waals surface area contributed by atoms with Gasteiger partial charge in [0.15, 0.2) is 0 Å². The van der Waals surface area contributed by atoms with Crippen molar-refractivity contribution >= 4 is 5.69 Å². The summed E-state index contributed by atoms with van der Waals surface area (Å²) in [6, 6.07) is 5.36. The molecule has 5 heteroatoms. The molecule has 0 aliphatic rings. The van der Waals surface area contributed by atoms with Crippen LogP contribution in [-0.2, 0) is 0 Å². The molecule has 0 fully saturated rings. The minimum Gasteiger partial charge on any atom is -0.258 e. The highest BCUT2D eigenvalue weighted by molar-refractivity contribution is 5.35. The second kappa shape index (κ2) is 3.75. The topological polar surface area (TPSA) is 72.6 Å². The monoisotopic (exact) mass is 180 g/mol. The van der Waals surface area contributed by atoms with Crippen molar-refractivity contribution in [3.05, 3.63) is 44.9 Å². The summed E-state index contributed by atoms with van der Waals surface area (Å²) < 4.78 is 0. The van der Waals surface area contributed by atoms with Gasteiger partial charge in [0.25, 0.3) is 5.69 Å². The first-order valence-electron chi connectivity index (χ1n) is 3.72. The van der Waals surface area contributed by atoms with Crippen LogP contribution in [0.3, 0.4) is 0 Å². The van der Waals surface area contributed by atoms with E-state index in [4.69, 9.17) is 0 Å². The predicted molar refractivity (Wildman–Crippen MR) is 47.3 cm³/mol. The number of nitroso groups, excluding NO2 is 1. The van der Waals surface area contributed by atoms with E-state index in [2.05, 4.69) is 5.18 Å². The first-order chi connectivity index (χ1) is 6.15. The molecular weight excluding hydrogens is 172 g/mol. The van der Waals surface area contributed by atoms with Gasteiger partial charge in [-0.05, 0) is 12.5 Å². The van der Waals surface area contributed by atoms with Crippen molar-refractivity contribution in [1.29, 1.82) is 0 Å². The minimum atomic E-state index is -0.542. The van der Waals surface area contributed by atoms with Crippen LogP contribution in [0.5, 0.6) is 0 Å². The molecule has 0 N–H and O–H groups in total. The van der Waals surface area contributed by atoms with Gasteiger partial charge in [-0.15, -0.1) is 0 Å². The largest absolute Gasteiger partial charge is 0.269 e. The SMILES string of the molecule is C[C@@H](N=O)c1cccc([N+](=O)[O-])c1. The third kappa shape index (κ3) is 2.08. The second-order valence-electron chi connectivity index (χ2n) is 2.63. The molecule has 0 heterocycles. The zero-order chi connectivity index (χ0) is 9.84. The Bertz CT molecular complexity index is 338. The maximum Gasteiger partial charge on any atom is 0.269 e. The van der Waals surface area contributed by atoms with Crippen LogP contribution in [0.25, 0.3) is 0 Å². The van der Waals surface area contributed by atoms with Gasteiger partial charge in [0.05, 0.1) is 4.92 Å². The molecule has 0 aliphatic heterocycles. The van der Waals surface area contributed by atoms with E-state index >= 15 is 0 Å². The van der Waals surface area contributed by atoms with Crippen LogP contribution < -0.4 is 0 Å². The molecule has 1 aromatic rings. The van der Waals surface area contributed by atoms with Gasteiger partial charge in [-0.3, -0.25) is 10.1 Å². The lowest BCUT2D eigenvalue weighted by Gasteiger charge is -2.00. The normalized spacial score (nSPS) is 12.1. The standard InChI is InChI=1S/C8H8N2O3/c1-6(9-11)7-3-2-4-8(5-7)10(12)13/h2-6H,1H3/t6-/m1/s1. The number of rotatable bonds is 3. The summed E-state index contributed by atoms with van der Waals surface area (Å²) in [5.41, 5.74) is 0.539. The maximum atomic E-state index is 10.4. The molecular formula is C8H8N2O3. The number of hydrogen-bond donors (Lipinski definition) is 0. The van der Waals surface area contributed by atoms with E-state index in [1.54, 1.807) is 13.0 Å². The number of non-ortho nitro benzene ring substituents is 1. The van der Waals surface area contributed by atoms with Gasteiger partial charge in [-0.1, -0.05) is 17.3 Å². The Hall–Kier alpha value is -1.78. The summed E-state index contributed by atoms with van der Waals surface area (Å²) in [7, 11) is 0. The molecule has 0 saturated carbocycles. The van der Waals surface area contributed by atoms with E-state index in [1.165, 1.54) is 18.2 Å². The summed E-state index contributed by atoms with van der Waals surface area (Å²) in [5, 5.41) is 13.1. The number of nitrogens with zero attached hydrogens (tertiary/aromatic N) is 2. The molecule has 0 amide bonds. The van der Waals surface area contributed by atoms with E-state index < -0.39 is 11.0 Å². The fourth-order valence-corrected chi connectivity index (χ4v) is 0.959. The lowest BCUT2D eigenvalue weighted by Crippen LogP contribution is -1.92. The van der Waals surface area contributed by atoms with Crippen molar-refractivity contribution < 1.29 is 4.92 Å². The van der Waals surface area contributed by atoms with E-state index in [-0.39, 0.29) is 5.69 Å². The highest BCUT2D eigenvalue weighted by Gasteiger charge is 2.10. The molecule has 68 valence electrons. The smallest absolute Gasteiger partial charge is 0.258 e. The van der Waals surface area contributed by atoms with Crippen molar-refractivity contribution in [3.63, 3.8) is 0 Å². The van der Waals surface area contributed by atoms with Gasteiger partial charge >= 0.3 is 0 Å². The molecule has 0 spiro atoms. The molecule has 1 atom stereocenters. The summed E-state index contributed by atoms with van der Waals surface area (Å²) in [6.07, 6.45) is 0. The molecule has 13 heavy (non-hydrogen) atoms. The van der Waals surface area contributed by atoms with Crippen molar-refractivity contribution in [2.75, 3.05) is 0 Å². The highest BCUT2D eigenvalue weighted by Crippen LogP contribution is 2.20. The number of hydrogen-bond acceptors (Lipinski definition) is 4. The first kappa shape index (κ1) is 9.31. The third-order valence-corrected chi connectivity index (χ3v) is 1.72. The summed E-state index contributed by atoms with van der Waals surface area (Å²) >= 11 is 0. The van der Waals surface area contributed by atoms with Crippen molar-refractivity contribution in [2.45, 2.75) is 13.0 Å². The first-order valence-corrected chi connectivity index (χ1v) is 3.72. The van der Waals surface area contributed by atoms with E-state index in [0.29, 0.717) is 5.56 Å². The minimum absolute atomic E-state index is 0.0204. The van der Waals surface area contributed by atoms with Crippen LogP contribution in [0.15, 0.2) is 29.4 Å².